The molecule has 0 fully saturated rings. The van der Waals surface area contributed by atoms with Crippen LogP contribution in [0.15, 0.2) is 22.7 Å². The Morgan fingerprint density at radius 2 is 1.89 bits per heavy atom. The summed E-state index contributed by atoms with van der Waals surface area (Å²) in [7, 11) is 0. The molecule has 1 heterocycles. The Kier molecular flexibility index (Phi) is 3.81. The molecule has 102 valence electrons. The number of carbonyl (C=O) groups is 2. The maximum Gasteiger partial charge on any atom is 0.229 e. The number of carbonyl (C=O) groups excluding carboxylic acids is 2. The molecule has 1 aliphatic rings. The molecular weight excluding hydrogens is 306 g/mol. The third-order valence-corrected chi connectivity index (χ3v) is 3.94. The highest BCUT2D eigenvalue weighted by molar-refractivity contribution is 9.10. The van der Waals surface area contributed by atoms with Crippen molar-refractivity contribution in [2.45, 2.75) is 40.3 Å². The van der Waals surface area contributed by atoms with Crippen LogP contribution in [-0.2, 0) is 22.7 Å². The fourth-order valence-electron chi connectivity index (χ4n) is 2.63. The van der Waals surface area contributed by atoms with Gasteiger partial charge >= 0.3 is 0 Å². The molecule has 4 heteroatoms. The summed E-state index contributed by atoms with van der Waals surface area (Å²) in [6, 6.07) is 6.10. The van der Waals surface area contributed by atoms with Gasteiger partial charge in [-0.25, -0.2) is 0 Å². The number of Topliss-reactive ketones (excluding diaryl/α,β-unsaturated/α-hetero) is 1. The molecule has 0 atom stereocenters. The van der Waals surface area contributed by atoms with Gasteiger partial charge in [0.25, 0.3) is 0 Å². The van der Waals surface area contributed by atoms with Crippen LogP contribution in [0, 0.1) is 5.41 Å². The molecule has 0 bridgehead atoms. The normalized spacial score (nSPS) is 14.4. The van der Waals surface area contributed by atoms with E-state index in [1.165, 1.54) is 18.1 Å². The number of rotatable bonds is 3. The number of ketones is 1. The van der Waals surface area contributed by atoms with Crippen molar-refractivity contribution in [3.8, 4) is 0 Å². The Morgan fingerprint density at radius 3 is 2.53 bits per heavy atom. The molecule has 0 radical (unpaired) electrons. The smallest absolute Gasteiger partial charge is 0.229 e. The molecule has 19 heavy (non-hydrogen) atoms. The highest BCUT2D eigenvalue weighted by atomic mass is 79.9. The number of fused-ring (bicyclic) bond motifs is 1. The van der Waals surface area contributed by atoms with E-state index in [1.54, 1.807) is 0 Å². The fourth-order valence-corrected chi connectivity index (χ4v) is 3.04. The SMILES string of the molecule is CC(=O)CC(C)(C)C(=O)N1Cc2ccc(Br)cc2C1. The Labute approximate surface area is 122 Å². The molecule has 1 aromatic carbocycles. The van der Waals surface area contributed by atoms with Crippen molar-refractivity contribution < 1.29 is 9.59 Å². The van der Waals surface area contributed by atoms with Crippen molar-refractivity contribution in [1.29, 1.82) is 0 Å². The molecule has 1 aliphatic heterocycles. The van der Waals surface area contributed by atoms with E-state index in [4.69, 9.17) is 0 Å². The highest BCUT2D eigenvalue weighted by Gasteiger charge is 2.35. The second kappa shape index (κ2) is 5.08. The van der Waals surface area contributed by atoms with Crippen LogP contribution in [0.25, 0.3) is 0 Å². The largest absolute Gasteiger partial charge is 0.334 e. The summed E-state index contributed by atoms with van der Waals surface area (Å²) < 4.78 is 1.03. The number of hydrogen-bond donors (Lipinski definition) is 0. The quantitative estimate of drug-likeness (QED) is 0.855. The maximum absolute atomic E-state index is 12.5. The number of benzene rings is 1. The van der Waals surface area contributed by atoms with Gasteiger partial charge in [0, 0.05) is 24.0 Å². The zero-order valence-electron chi connectivity index (χ0n) is 11.5. The lowest BCUT2D eigenvalue weighted by atomic mass is 9.86. The van der Waals surface area contributed by atoms with Crippen LogP contribution in [0.2, 0.25) is 0 Å². The van der Waals surface area contributed by atoms with E-state index >= 15 is 0 Å². The number of hydrogen-bond acceptors (Lipinski definition) is 2. The summed E-state index contributed by atoms with van der Waals surface area (Å²) in [6.07, 6.45) is 0.294. The summed E-state index contributed by atoms with van der Waals surface area (Å²) in [6.45, 7) is 6.49. The zero-order chi connectivity index (χ0) is 14.2. The van der Waals surface area contributed by atoms with E-state index in [0.29, 0.717) is 19.5 Å². The zero-order valence-corrected chi connectivity index (χ0v) is 13.1. The predicted octanol–water partition coefficient (Wildman–Crippen LogP) is 3.30. The monoisotopic (exact) mass is 323 g/mol. The van der Waals surface area contributed by atoms with Crippen molar-refractivity contribution in [2.24, 2.45) is 5.41 Å². The summed E-state index contributed by atoms with van der Waals surface area (Å²) in [4.78, 5) is 25.6. The number of nitrogens with zero attached hydrogens (tertiary/aromatic N) is 1. The Balaban J connectivity index is 2.14. The van der Waals surface area contributed by atoms with E-state index in [9.17, 15) is 9.59 Å². The number of halogens is 1. The van der Waals surface area contributed by atoms with Gasteiger partial charge in [0.2, 0.25) is 5.91 Å². The standard InChI is InChI=1S/C15H18BrNO2/c1-10(18)7-15(2,3)14(19)17-8-11-4-5-13(16)6-12(11)9-17/h4-6H,7-9H2,1-3H3. The molecule has 0 aliphatic carbocycles. The molecule has 0 spiro atoms. The predicted molar refractivity (Wildman–Crippen MR) is 77.5 cm³/mol. The van der Waals surface area contributed by atoms with Gasteiger partial charge < -0.3 is 4.90 Å². The van der Waals surface area contributed by atoms with E-state index in [-0.39, 0.29) is 11.7 Å². The Bertz CT molecular complexity index is 537. The molecule has 0 unspecified atom stereocenters. The Hall–Kier alpha value is -1.16. The third-order valence-electron chi connectivity index (χ3n) is 3.45. The van der Waals surface area contributed by atoms with Gasteiger partial charge in [-0.05, 0) is 30.2 Å². The first-order valence-electron chi connectivity index (χ1n) is 6.36. The van der Waals surface area contributed by atoms with Gasteiger partial charge in [-0.3, -0.25) is 9.59 Å². The molecule has 0 aromatic heterocycles. The van der Waals surface area contributed by atoms with Gasteiger partial charge in [-0.2, -0.15) is 0 Å². The minimum Gasteiger partial charge on any atom is -0.334 e. The summed E-state index contributed by atoms with van der Waals surface area (Å²) in [5, 5.41) is 0. The fraction of sp³-hybridized carbons (Fsp3) is 0.467. The van der Waals surface area contributed by atoms with E-state index in [0.717, 1.165) is 4.47 Å². The number of amides is 1. The first-order chi connectivity index (χ1) is 8.79. The van der Waals surface area contributed by atoms with Crippen molar-refractivity contribution in [1.82, 2.24) is 4.90 Å². The first kappa shape index (κ1) is 14.3. The molecule has 3 nitrogen and oxygen atoms in total. The summed E-state index contributed by atoms with van der Waals surface area (Å²) in [5.74, 6) is 0.104. The molecule has 1 amide bonds. The van der Waals surface area contributed by atoms with Crippen LogP contribution in [0.4, 0.5) is 0 Å². The lowest BCUT2D eigenvalue weighted by molar-refractivity contribution is -0.143. The average Bonchev–Trinajstić information content (AvgIpc) is 2.68. The van der Waals surface area contributed by atoms with Gasteiger partial charge in [0.05, 0.1) is 5.41 Å². The van der Waals surface area contributed by atoms with E-state index in [2.05, 4.69) is 22.0 Å². The van der Waals surface area contributed by atoms with Crippen LogP contribution in [0.1, 0.15) is 38.3 Å². The molecular formula is C15H18BrNO2. The van der Waals surface area contributed by atoms with E-state index in [1.807, 2.05) is 30.9 Å². The van der Waals surface area contributed by atoms with Crippen molar-refractivity contribution in [3.63, 3.8) is 0 Å². The van der Waals surface area contributed by atoms with Gasteiger partial charge in [0.1, 0.15) is 5.78 Å². The van der Waals surface area contributed by atoms with E-state index < -0.39 is 5.41 Å². The van der Waals surface area contributed by atoms with Crippen molar-refractivity contribution in [3.05, 3.63) is 33.8 Å². The molecule has 0 saturated heterocycles. The second-order valence-corrected chi connectivity index (χ2v) is 6.75. The highest BCUT2D eigenvalue weighted by Crippen LogP contribution is 2.31. The first-order valence-corrected chi connectivity index (χ1v) is 7.15. The lowest BCUT2D eigenvalue weighted by Gasteiger charge is -2.28. The van der Waals surface area contributed by atoms with Gasteiger partial charge in [-0.15, -0.1) is 0 Å². The van der Waals surface area contributed by atoms with Gasteiger partial charge in [-0.1, -0.05) is 35.8 Å². The van der Waals surface area contributed by atoms with Gasteiger partial charge in [0.15, 0.2) is 0 Å². The topological polar surface area (TPSA) is 37.4 Å². The molecule has 0 N–H and O–H groups in total. The minimum atomic E-state index is -0.620. The van der Waals surface area contributed by atoms with Crippen molar-refractivity contribution >= 4 is 27.6 Å². The van der Waals surface area contributed by atoms with Crippen LogP contribution < -0.4 is 0 Å². The minimum absolute atomic E-state index is 0.0509. The average molecular weight is 324 g/mol. The van der Waals surface area contributed by atoms with Crippen LogP contribution in [0.5, 0.6) is 0 Å². The van der Waals surface area contributed by atoms with Crippen molar-refractivity contribution in [2.75, 3.05) is 0 Å². The van der Waals surface area contributed by atoms with Crippen LogP contribution in [0.3, 0.4) is 0 Å². The molecule has 1 aromatic rings. The lowest BCUT2D eigenvalue weighted by Crippen LogP contribution is -2.38. The van der Waals surface area contributed by atoms with Crippen LogP contribution in [-0.4, -0.2) is 16.6 Å². The Morgan fingerprint density at radius 1 is 1.26 bits per heavy atom. The van der Waals surface area contributed by atoms with Crippen LogP contribution >= 0.6 is 15.9 Å². The summed E-state index contributed by atoms with van der Waals surface area (Å²) >= 11 is 3.45. The maximum atomic E-state index is 12.5. The summed E-state index contributed by atoms with van der Waals surface area (Å²) in [5.41, 5.74) is 1.75. The second-order valence-electron chi connectivity index (χ2n) is 5.84. The third kappa shape index (κ3) is 3.06. The molecule has 2 rings (SSSR count). The molecule has 0 saturated carbocycles.